The summed E-state index contributed by atoms with van der Waals surface area (Å²) in [5.74, 6) is -1.09. The Bertz CT molecular complexity index is 438. The molecule has 0 aliphatic rings. The number of carboxylic acids is 1. The van der Waals surface area contributed by atoms with Crippen LogP contribution >= 0.6 is 11.6 Å². The Morgan fingerprint density at radius 2 is 2.12 bits per heavy atom. The summed E-state index contributed by atoms with van der Waals surface area (Å²) in [5.41, 5.74) is 0.904. The second-order valence-electron chi connectivity index (χ2n) is 3.23. The van der Waals surface area contributed by atoms with Crippen LogP contribution in [0.2, 0.25) is 5.02 Å². The molecule has 0 radical (unpaired) electrons. The summed E-state index contributed by atoms with van der Waals surface area (Å²) in [6, 6.07) is 7.30. The molecule has 0 unspecified atom stereocenters. The molecular formula is C12H12ClNO3. The van der Waals surface area contributed by atoms with Gasteiger partial charge in [-0.2, -0.15) is 0 Å². The lowest BCUT2D eigenvalue weighted by atomic mass is 10.2. The zero-order valence-corrected chi connectivity index (χ0v) is 10.0. The number of carboxylic acid groups (broad SMARTS) is 1. The number of carbonyl (C=O) groups is 1. The van der Waals surface area contributed by atoms with E-state index in [1.165, 1.54) is 6.92 Å². The van der Waals surface area contributed by atoms with Gasteiger partial charge in [-0.15, -0.1) is 0 Å². The molecule has 1 aromatic rings. The number of hydrogen-bond donors (Lipinski definition) is 1. The third-order valence-corrected chi connectivity index (χ3v) is 2.11. The molecule has 5 heteroatoms. The molecule has 90 valence electrons. The zero-order chi connectivity index (χ0) is 12.7. The van der Waals surface area contributed by atoms with Crippen molar-refractivity contribution in [2.24, 2.45) is 5.16 Å². The number of aliphatic carboxylic acids is 1. The minimum absolute atomic E-state index is 0.0788. The van der Waals surface area contributed by atoms with Gasteiger partial charge in [0.25, 0.3) is 0 Å². The predicted octanol–water partition coefficient (Wildman–Crippen LogP) is 2.83. The van der Waals surface area contributed by atoms with Crippen molar-refractivity contribution in [3.05, 3.63) is 40.9 Å². The first-order valence-electron chi connectivity index (χ1n) is 4.91. The maximum absolute atomic E-state index is 10.4. The van der Waals surface area contributed by atoms with Crippen LogP contribution in [0.3, 0.4) is 0 Å². The molecule has 0 amide bonds. The van der Waals surface area contributed by atoms with Crippen LogP contribution in [-0.2, 0) is 9.63 Å². The van der Waals surface area contributed by atoms with Crippen molar-refractivity contribution < 1.29 is 14.7 Å². The van der Waals surface area contributed by atoms with E-state index < -0.39 is 5.97 Å². The molecule has 0 saturated carbocycles. The van der Waals surface area contributed by atoms with Gasteiger partial charge in [-0.1, -0.05) is 35.0 Å². The van der Waals surface area contributed by atoms with Gasteiger partial charge in [0.05, 0.1) is 0 Å². The lowest BCUT2D eigenvalue weighted by molar-refractivity contribution is -0.129. The van der Waals surface area contributed by atoms with E-state index >= 15 is 0 Å². The lowest BCUT2D eigenvalue weighted by Gasteiger charge is -1.95. The van der Waals surface area contributed by atoms with Gasteiger partial charge < -0.3 is 9.94 Å². The van der Waals surface area contributed by atoms with Crippen LogP contribution in [0.4, 0.5) is 0 Å². The Labute approximate surface area is 104 Å². The van der Waals surface area contributed by atoms with E-state index in [0.29, 0.717) is 5.02 Å². The fourth-order valence-corrected chi connectivity index (χ4v) is 1.10. The SMILES string of the molecule is CC(=NOCC=Cc1ccc(Cl)cc1)C(=O)O. The molecule has 1 rings (SSSR count). The molecule has 0 heterocycles. The molecule has 0 bridgehead atoms. The van der Waals surface area contributed by atoms with E-state index in [-0.39, 0.29) is 12.3 Å². The van der Waals surface area contributed by atoms with E-state index in [0.717, 1.165) is 5.56 Å². The minimum atomic E-state index is -1.09. The highest BCUT2D eigenvalue weighted by Crippen LogP contribution is 2.10. The van der Waals surface area contributed by atoms with Crippen LogP contribution in [0, 0.1) is 0 Å². The normalized spacial score (nSPS) is 11.8. The minimum Gasteiger partial charge on any atom is -0.477 e. The van der Waals surface area contributed by atoms with Gasteiger partial charge >= 0.3 is 5.97 Å². The molecular weight excluding hydrogens is 242 g/mol. The van der Waals surface area contributed by atoms with Gasteiger partial charge in [-0.3, -0.25) is 0 Å². The molecule has 17 heavy (non-hydrogen) atoms. The highest BCUT2D eigenvalue weighted by Gasteiger charge is 2.00. The van der Waals surface area contributed by atoms with E-state index in [1.807, 2.05) is 18.2 Å². The van der Waals surface area contributed by atoms with Crippen molar-refractivity contribution >= 4 is 29.4 Å². The number of hydrogen-bond acceptors (Lipinski definition) is 3. The van der Waals surface area contributed by atoms with Crippen LogP contribution < -0.4 is 0 Å². The van der Waals surface area contributed by atoms with Gasteiger partial charge in [0.15, 0.2) is 5.71 Å². The maximum Gasteiger partial charge on any atom is 0.353 e. The number of nitrogens with zero attached hydrogens (tertiary/aromatic N) is 1. The van der Waals surface area contributed by atoms with E-state index in [1.54, 1.807) is 18.2 Å². The molecule has 4 nitrogen and oxygen atoms in total. The average Bonchev–Trinajstić information content (AvgIpc) is 2.30. The van der Waals surface area contributed by atoms with Gasteiger partial charge in [0.1, 0.15) is 6.61 Å². The quantitative estimate of drug-likeness (QED) is 0.499. The first-order valence-corrected chi connectivity index (χ1v) is 5.29. The number of rotatable bonds is 5. The van der Waals surface area contributed by atoms with Crippen LogP contribution in [0.25, 0.3) is 6.08 Å². The molecule has 0 aliphatic heterocycles. The van der Waals surface area contributed by atoms with Crippen molar-refractivity contribution in [1.82, 2.24) is 0 Å². The van der Waals surface area contributed by atoms with E-state index in [2.05, 4.69) is 5.16 Å². The average molecular weight is 254 g/mol. The van der Waals surface area contributed by atoms with E-state index in [4.69, 9.17) is 21.5 Å². The maximum atomic E-state index is 10.4. The van der Waals surface area contributed by atoms with Gasteiger partial charge in [-0.25, -0.2) is 4.79 Å². The molecule has 0 saturated heterocycles. The Kier molecular flexibility index (Phi) is 5.23. The Morgan fingerprint density at radius 1 is 1.47 bits per heavy atom. The number of halogens is 1. The lowest BCUT2D eigenvalue weighted by Crippen LogP contribution is -2.08. The highest BCUT2D eigenvalue weighted by molar-refractivity contribution is 6.34. The van der Waals surface area contributed by atoms with Crippen molar-refractivity contribution in [3.8, 4) is 0 Å². The fourth-order valence-electron chi connectivity index (χ4n) is 0.974. The number of oxime groups is 1. The molecule has 0 spiro atoms. The van der Waals surface area contributed by atoms with Crippen molar-refractivity contribution in [2.45, 2.75) is 6.92 Å². The van der Waals surface area contributed by atoms with Crippen molar-refractivity contribution in [1.29, 1.82) is 0 Å². The van der Waals surface area contributed by atoms with Gasteiger partial charge in [-0.05, 0) is 30.7 Å². The summed E-state index contributed by atoms with van der Waals surface area (Å²) in [6.45, 7) is 1.58. The molecule has 0 aromatic heterocycles. The van der Waals surface area contributed by atoms with Crippen LogP contribution in [0.5, 0.6) is 0 Å². The van der Waals surface area contributed by atoms with Crippen LogP contribution in [0.1, 0.15) is 12.5 Å². The summed E-state index contributed by atoms with van der Waals surface area (Å²) in [7, 11) is 0. The molecule has 0 aliphatic carbocycles. The van der Waals surface area contributed by atoms with Gasteiger partial charge in [0.2, 0.25) is 0 Å². The zero-order valence-electron chi connectivity index (χ0n) is 9.26. The Hall–Kier alpha value is -1.81. The Morgan fingerprint density at radius 3 is 2.71 bits per heavy atom. The smallest absolute Gasteiger partial charge is 0.353 e. The standard InChI is InChI=1S/C12H12ClNO3/c1-9(12(15)16)14-17-8-2-3-10-4-6-11(13)7-5-10/h2-7H,8H2,1H3,(H,15,16). The second-order valence-corrected chi connectivity index (χ2v) is 3.67. The van der Waals surface area contributed by atoms with Crippen LogP contribution in [-0.4, -0.2) is 23.4 Å². The van der Waals surface area contributed by atoms with Crippen molar-refractivity contribution in [3.63, 3.8) is 0 Å². The third kappa shape index (κ3) is 5.17. The summed E-state index contributed by atoms with van der Waals surface area (Å²) in [5, 5.41) is 12.6. The predicted molar refractivity (Wildman–Crippen MR) is 67.2 cm³/mol. The largest absolute Gasteiger partial charge is 0.477 e. The Balaban J connectivity index is 2.39. The third-order valence-electron chi connectivity index (χ3n) is 1.86. The van der Waals surface area contributed by atoms with Gasteiger partial charge in [0, 0.05) is 5.02 Å². The topological polar surface area (TPSA) is 58.9 Å². The fraction of sp³-hybridized carbons (Fsp3) is 0.167. The first kappa shape index (κ1) is 13.3. The highest BCUT2D eigenvalue weighted by atomic mass is 35.5. The first-order chi connectivity index (χ1) is 8.09. The summed E-state index contributed by atoms with van der Waals surface area (Å²) >= 11 is 5.74. The second kappa shape index (κ2) is 6.70. The molecule has 0 atom stereocenters. The summed E-state index contributed by atoms with van der Waals surface area (Å²) in [4.78, 5) is 15.2. The van der Waals surface area contributed by atoms with Crippen LogP contribution in [0.15, 0.2) is 35.5 Å². The molecule has 0 fully saturated rings. The van der Waals surface area contributed by atoms with Crippen molar-refractivity contribution in [2.75, 3.05) is 6.61 Å². The monoisotopic (exact) mass is 253 g/mol. The number of benzene rings is 1. The molecule has 1 N–H and O–H groups in total. The summed E-state index contributed by atoms with van der Waals surface area (Å²) in [6.07, 6.45) is 3.57. The summed E-state index contributed by atoms with van der Waals surface area (Å²) < 4.78 is 0. The van der Waals surface area contributed by atoms with E-state index in [9.17, 15) is 4.79 Å². The molecule has 1 aromatic carbocycles.